The molecule has 6 heteroatoms. The van der Waals surface area contributed by atoms with Crippen LogP contribution in [0, 0.1) is 0 Å². The van der Waals surface area contributed by atoms with Crippen LogP contribution in [0.2, 0.25) is 15.1 Å². The lowest BCUT2D eigenvalue weighted by Gasteiger charge is -2.12. The Hall–Kier alpha value is -1.000. The highest BCUT2D eigenvalue weighted by atomic mass is 35.5. The quantitative estimate of drug-likeness (QED) is 0.795. The van der Waals surface area contributed by atoms with Crippen LogP contribution in [0.5, 0.6) is 11.6 Å². The molecule has 1 aromatic carbocycles. The molecule has 112 valence electrons. The number of hydrogen-bond donors (Lipinski definition) is 1. The highest BCUT2D eigenvalue weighted by Gasteiger charge is 2.10. The Kier molecular flexibility index (Phi) is 5.71. The number of halogens is 3. The van der Waals surface area contributed by atoms with Gasteiger partial charge in [0, 0.05) is 24.8 Å². The average Bonchev–Trinajstić information content (AvgIpc) is 2.44. The van der Waals surface area contributed by atoms with Crippen molar-refractivity contribution in [1.29, 1.82) is 0 Å². The molecule has 1 heterocycles. The monoisotopic (exact) mass is 344 g/mol. The maximum absolute atomic E-state index is 6.13. The van der Waals surface area contributed by atoms with Crippen molar-refractivity contribution < 1.29 is 4.74 Å². The Morgan fingerprint density at radius 2 is 1.95 bits per heavy atom. The van der Waals surface area contributed by atoms with Crippen LogP contribution in [0.1, 0.15) is 19.4 Å². The molecule has 1 aromatic heterocycles. The Bertz CT molecular complexity index is 632. The van der Waals surface area contributed by atoms with Crippen LogP contribution in [-0.4, -0.2) is 11.0 Å². The van der Waals surface area contributed by atoms with E-state index < -0.39 is 0 Å². The fourth-order valence-corrected chi connectivity index (χ4v) is 2.14. The van der Waals surface area contributed by atoms with Crippen LogP contribution in [0.4, 0.5) is 0 Å². The first-order chi connectivity index (χ1) is 9.97. The lowest BCUT2D eigenvalue weighted by molar-refractivity contribution is 0.461. The normalized spacial score (nSPS) is 11.0. The molecule has 0 fully saturated rings. The minimum absolute atomic E-state index is 0.359. The van der Waals surface area contributed by atoms with Crippen molar-refractivity contribution in [2.45, 2.75) is 26.4 Å². The minimum Gasteiger partial charge on any atom is -0.437 e. The summed E-state index contributed by atoms with van der Waals surface area (Å²) in [5.74, 6) is 0.880. The van der Waals surface area contributed by atoms with Crippen LogP contribution in [-0.2, 0) is 6.54 Å². The number of benzene rings is 1. The zero-order chi connectivity index (χ0) is 15.4. The predicted octanol–water partition coefficient (Wildman–Crippen LogP) is 5.33. The standard InChI is InChI=1S/C15H15Cl3N2O/c1-9(2)19-7-10-6-14(20-8-12(10)17)21-13-5-3-4-11(16)15(13)18/h3-6,8-9,19H,7H2,1-2H3. The van der Waals surface area contributed by atoms with E-state index in [0.29, 0.717) is 39.3 Å². The van der Waals surface area contributed by atoms with Crippen LogP contribution < -0.4 is 10.1 Å². The maximum atomic E-state index is 6.13. The zero-order valence-corrected chi connectivity index (χ0v) is 13.9. The number of pyridine rings is 1. The topological polar surface area (TPSA) is 34.1 Å². The van der Waals surface area contributed by atoms with Crippen molar-refractivity contribution in [2.24, 2.45) is 0 Å². The summed E-state index contributed by atoms with van der Waals surface area (Å²) in [4.78, 5) is 4.15. The molecule has 0 bridgehead atoms. The smallest absolute Gasteiger partial charge is 0.219 e. The molecule has 0 aliphatic heterocycles. The summed E-state index contributed by atoms with van der Waals surface area (Å²) in [6, 6.07) is 7.34. The lowest BCUT2D eigenvalue weighted by Crippen LogP contribution is -2.22. The molecule has 1 N–H and O–H groups in total. The van der Waals surface area contributed by atoms with Crippen molar-refractivity contribution in [3.05, 3.63) is 51.1 Å². The van der Waals surface area contributed by atoms with E-state index in [1.165, 1.54) is 0 Å². The molecule has 0 amide bonds. The fraction of sp³-hybridized carbons (Fsp3) is 0.267. The van der Waals surface area contributed by atoms with Crippen LogP contribution in [0.25, 0.3) is 0 Å². The summed E-state index contributed by atoms with van der Waals surface area (Å²) < 4.78 is 5.68. The Morgan fingerprint density at radius 1 is 1.19 bits per heavy atom. The number of nitrogens with zero attached hydrogens (tertiary/aromatic N) is 1. The van der Waals surface area contributed by atoms with Gasteiger partial charge in [0.2, 0.25) is 5.88 Å². The van der Waals surface area contributed by atoms with Gasteiger partial charge < -0.3 is 10.1 Å². The first-order valence-corrected chi connectivity index (χ1v) is 7.60. The number of ether oxygens (including phenoxy) is 1. The average molecular weight is 346 g/mol. The molecule has 2 aromatic rings. The third kappa shape index (κ3) is 4.48. The third-order valence-electron chi connectivity index (χ3n) is 2.74. The molecule has 0 aliphatic rings. The maximum Gasteiger partial charge on any atom is 0.219 e. The van der Waals surface area contributed by atoms with Crippen molar-refractivity contribution in [1.82, 2.24) is 10.3 Å². The molecular weight excluding hydrogens is 331 g/mol. The second-order valence-electron chi connectivity index (χ2n) is 4.80. The minimum atomic E-state index is 0.359. The number of rotatable bonds is 5. The number of nitrogens with one attached hydrogen (secondary N) is 1. The summed E-state index contributed by atoms with van der Waals surface area (Å²) in [7, 11) is 0. The number of hydrogen-bond acceptors (Lipinski definition) is 3. The van der Waals surface area contributed by atoms with Gasteiger partial charge in [0.25, 0.3) is 0 Å². The van der Waals surface area contributed by atoms with Crippen LogP contribution >= 0.6 is 34.8 Å². The summed E-state index contributed by atoms with van der Waals surface area (Å²) in [5.41, 5.74) is 0.911. The van der Waals surface area contributed by atoms with Gasteiger partial charge >= 0.3 is 0 Å². The highest BCUT2D eigenvalue weighted by molar-refractivity contribution is 6.42. The van der Waals surface area contributed by atoms with Gasteiger partial charge in [-0.25, -0.2) is 4.98 Å². The molecule has 2 rings (SSSR count). The molecule has 0 unspecified atom stereocenters. The summed E-state index contributed by atoms with van der Waals surface area (Å²) in [5, 5.41) is 4.68. The number of aromatic nitrogens is 1. The largest absolute Gasteiger partial charge is 0.437 e. The van der Waals surface area contributed by atoms with E-state index in [4.69, 9.17) is 39.5 Å². The summed E-state index contributed by atoms with van der Waals surface area (Å²) >= 11 is 18.2. The van der Waals surface area contributed by atoms with Gasteiger partial charge in [-0.2, -0.15) is 0 Å². The Balaban J connectivity index is 2.20. The van der Waals surface area contributed by atoms with E-state index in [9.17, 15) is 0 Å². The molecule has 21 heavy (non-hydrogen) atoms. The van der Waals surface area contributed by atoms with E-state index in [1.54, 1.807) is 30.5 Å². The van der Waals surface area contributed by atoms with Gasteiger partial charge in [0.15, 0.2) is 0 Å². The van der Waals surface area contributed by atoms with E-state index in [1.807, 2.05) is 0 Å². The van der Waals surface area contributed by atoms with Gasteiger partial charge in [-0.1, -0.05) is 54.7 Å². The molecule has 0 aliphatic carbocycles. The molecular formula is C15H15Cl3N2O. The second-order valence-corrected chi connectivity index (χ2v) is 6.00. The lowest BCUT2D eigenvalue weighted by atomic mass is 10.2. The summed E-state index contributed by atoms with van der Waals surface area (Å²) in [6.45, 7) is 4.77. The molecule has 0 saturated carbocycles. The molecule has 3 nitrogen and oxygen atoms in total. The van der Waals surface area contributed by atoms with E-state index >= 15 is 0 Å². The predicted molar refractivity (Wildman–Crippen MR) is 87.8 cm³/mol. The summed E-state index contributed by atoms with van der Waals surface area (Å²) in [6.07, 6.45) is 1.56. The first kappa shape index (κ1) is 16.4. The molecule has 0 spiro atoms. The van der Waals surface area contributed by atoms with E-state index in [0.717, 1.165) is 5.56 Å². The first-order valence-electron chi connectivity index (χ1n) is 6.47. The molecule has 0 saturated heterocycles. The SMILES string of the molecule is CC(C)NCc1cc(Oc2cccc(Cl)c2Cl)ncc1Cl. The van der Waals surface area contributed by atoms with Crippen molar-refractivity contribution in [2.75, 3.05) is 0 Å². The highest BCUT2D eigenvalue weighted by Crippen LogP contribution is 2.34. The third-order valence-corrected chi connectivity index (χ3v) is 3.88. The Labute approximate surface area is 139 Å². The van der Waals surface area contributed by atoms with Gasteiger partial charge in [0.05, 0.1) is 10.0 Å². The van der Waals surface area contributed by atoms with Gasteiger partial charge in [-0.3, -0.25) is 0 Å². The van der Waals surface area contributed by atoms with Crippen molar-refractivity contribution in [3.63, 3.8) is 0 Å². The van der Waals surface area contributed by atoms with E-state index in [-0.39, 0.29) is 0 Å². The molecule has 0 radical (unpaired) electrons. The van der Waals surface area contributed by atoms with E-state index in [2.05, 4.69) is 24.1 Å². The van der Waals surface area contributed by atoms with Crippen LogP contribution in [0.3, 0.4) is 0 Å². The zero-order valence-electron chi connectivity index (χ0n) is 11.7. The van der Waals surface area contributed by atoms with Gasteiger partial charge in [0.1, 0.15) is 10.8 Å². The Morgan fingerprint density at radius 3 is 2.67 bits per heavy atom. The fourth-order valence-electron chi connectivity index (χ4n) is 1.64. The van der Waals surface area contributed by atoms with Crippen molar-refractivity contribution in [3.8, 4) is 11.6 Å². The second kappa shape index (κ2) is 7.32. The van der Waals surface area contributed by atoms with Crippen molar-refractivity contribution >= 4 is 34.8 Å². The molecule has 0 atom stereocenters. The van der Waals surface area contributed by atoms with Gasteiger partial charge in [-0.15, -0.1) is 0 Å². The van der Waals surface area contributed by atoms with Gasteiger partial charge in [-0.05, 0) is 17.7 Å². The van der Waals surface area contributed by atoms with Crippen LogP contribution in [0.15, 0.2) is 30.5 Å².